The van der Waals surface area contributed by atoms with E-state index in [1.54, 1.807) is 17.8 Å². The van der Waals surface area contributed by atoms with Gasteiger partial charge in [-0.3, -0.25) is 0 Å². The summed E-state index contributed by atoms with van der Waals surface area (Å²) in [6.07, 6.45) is 1.87. The van der Waals surface area contributed by atoms with Crippen molar-refractivity contribution in [3.8, 4) is 0 Å². The second kappa shape index (κ2) is 7.26. The van der Waals surface area contributed by atoms with Crippen molar-refractivity contribution in [2.75, 3.05) is 0 Å². The first-order chi connectivity index (χ1) is 14.2. The molecule has 5 heteroatoms. The molecule has 0 aliphatic heterocycles. The maximum absolute atomic E-state index is 12.2. The van der Waals surface area contributed by atoms with Gasteiger partial charge in [0, 0.05) is 23.8 Å². The smallest absolute Gasteiger partial charge is 0.336 e. The van der Waals surface area contributed by atoms with E-state index in [-0.39, 0.29) is 5.63 Å². The average Bonchev–Trinajstić information content (AvgIpc) is 3.09. The van der Waals surface area contributed by atoms with Crippen LogP contribution in [0.25, 0.3) is 32.8 Å². The summed E-state index contributed by atoms with van der Waals surface area (Å²) in [6, 6.07) is 21.7. The Balaban J connectivity index is 1.62. The van der Waals surface area contributed by atoms with Gasteiger partial charge in [-0.15, -0.1) is 6.58 Å². The zero-order chi connectivity index (χ0) is 19.8. The Hall–Kier alpha value is -3.31. The van der Waals surface area contributed by atoms with Gasteiger partial charge in [-0.2, -0.15) is 0 Å². The molecule has 4 nitrogen and oxygen atoms in total. The highest BCUT2D eigenvalue weighted by atomic mass is 32.2. The Labute approximate surface area is 171 Å². The van der Waals surface area contributed by atoms with E-state index in [9.17, 15) is 4.79 Å². The number of nitrogens with zero attached hydrogens (tertiary/aromatic N) is 2. The van der Waals surface area contributed by atoms with Crippen LogP contribution < -0.4 is 5.63 Å². The third-order valence-electron chi connectivity index (χ3n) is 5.00. The number of fused-ring (bicyclic) bond motifs is 4. The SMILES string of the molecule is C=CCn1c(SCc2cc(=O)oc3ccc4ccccc4c23)nc2ccccc21. The molecule has 2 heterocycles. The third-order valence-corrected chi connectivity index (χ3v) is 6.03. The molecule has 3 aromatic carbocycles. The van der Waals surface area contributed by atoms with Gasteiger partial charge >= 0.3 is 5.63 Å². The predicted molar refractivity (Wildman–Crippen MR) is 119 cm³/mol. The van der Waals surface area contributed by atoms with Crippen molar-refractivity contribution in [2.45, 2.75) is 17.5 Å². The first-order valence-corrected chi connectivity index (χ1v) is 10.4. The van der Waals surface area contributed by atoms with Crippen LogP contribution in [0, 0.1) is 0 Å². The molecule has 0 saturated heterocycles. The van der Waals surface area contributed by atoms with Crippen molar-refractivity contribution in [3.63, 3.8) is 0 Å². The molecular formula is C24H18N2O2S. The highest BCUT2D eigenvalue weighted by Crippen LogP contribution is 2.32. The lowest BCUT2D eigenvalue weighted by molar-refractivity contribution is 0.560. The molecule has 0 N–H and O–H groups in total. The first kappa shape index (κ1) is 17.8. The lowest BCUT2D eigenvalue weighted by Crippen LogP contribution is -2.01. The minimum atomic E-state index is -0.331. The van der Waals surface area contributed by atoms with E-state index in [0.29, 0.717) is 17.9 Å². The molecule has 142 valence electrons. The fourth-order valence-corrected chi connectivity index (χ4v) is 4.75. The van der Waals surface area contributed by atoms with Crippen LogP contribution in [0.15, 0.2) is 93.8 Å². The predicted octanol–water partition coefficient (Wildman–Crippen LogP) is 5.77. The van der Waals surface area contributed by atoms with Crippen LogP contribution in [-0.4, -0.2) is 9.55 Å². The van der Waals surface area contributed by atoms with E-state index in [0.717, 1.165) is 37.9 Å². The monoisotopic (exact) mass is 398 g/mol. The van der Waals surface area contributed by atoms with Crippen LogP contribution >= 0.6 is 11.8 Å². The average molecular weight is 398 g/mol. The van der Waals surface area contributed by atoms with Gasteiger partial charge in [-0.25, -0.2) is 9.78 Å². The second-order valence-corrected chi connectivity index (χ2v) is 7.76. The Morgan fingerprint density at radius 1 is 1.07 bits per heavy atom. The fraction of sp³-hybridized carbons (Fsp3) is 0.0833. The lowest BCUT2D eigenvalue weighted by Gasteiger charge is -2.09. The molecule has 0 radical (unpaired) electrons. The number of benzene rings is 3. The summed E-state index contributed by atoms with van der Waals surface area (Å²) in [5.74, 6) is 0.622. The summed E-state index contributed by atoms with van der Waals surface area (Å²) in [5, 5.41) is 4.11. The number of hydrogen-bond acceptors (Lipinski definition) is 4. The van der Waals surface area contributed by atoms with Crippen molar-refractivity contribution in [1.29, 1.82) is 0 Å². The molecule has 0 atom stereocenters. The lowest BCUT2D eigenvalue weighted by atomic mass is 10.0. The molecule has 0 fully saturated rings. The highest BCUT2D eigenvalue weighted by molar-refractivity contribution is 7.98. The van der Waals surface area contributed by atoms with Gasteiger partial charge in [0.05, 0.1) is 11.0 Å². The van der Waals surface area contributed by atoms with Crippen LogP contribution in [0.1, 0.15) is 5.56 Å². The van der Waals surface area contributed by atoms with E-state index in [1.165, 1.54) is 0 Å². The fourth-order valence-electron chi connectivity index (χ4n) is 3.75. The quantitative estimate of drug-likeness (QED) is 0.163. The van der Waals surface area contributed by atoms with Gasteiger partial charge in [0.2, 0.25) is 0 Å². The molecule has 0 spiro atoms. The molecule has 0 aliphatic carbocycles. The zero-order valence-electron chi connectivity index (χ0n) is 15.7. The summed E-state index contributed by atoms with van der Waals surface area (Å²) in [5.41, 5.74) is 3.28. The van der Waals surface area contributed by atoms with Crippen molar-refractivity contribution < 1.29 is 4.42 Å². The van der Waals surface area contributed by atoms with E-state index in [1.807, 2.05) is 48.5 Å². The number of hydrogen-bond donors (Lipinski definition) is 0. The molecular weight excluding hydrogens is 380 g/mol. The normalized spacial score (nSPS) is 11.4. The van der Waals surface area contributed by atoms with Gasteiger partial charge in [0.15, 0.2) is 5.16 Å². The minimum Gasteiger partial charge on any atom is -0.423 e. The molecule has 0 aliphatic rings. The molecule has 29 heavy (non-hydrogen) atoms. The first-order valence-electron chi connectivity index (χ1n) is 9.38. The molecule has 0 unspecified atom stereocenters. The number of allylic oxidation sites excluding steroid dienone is 1. The van der Waals surface area contributed by atoms with Crippen molar-refractivity contribution in [1.82, 2.24) is 9.55 Å². The highest BCUT2D eigenvalue weighted by Gasteiger charge is 2.14. The van der Waals surface area contributed by atoms with Gasteiger partial charge in [0.1, 0.15) is 5.58 Å². The Morgan fingerprint density at radius 3 is 2.79 bits per heavy atom. The van der Waals surface area contributed by atoms with Crippen LogP contribution in [0.4, 0.5) is 0 Å². The maximum atomic E-state index is 12.2. The van der Waals surface area contributed by atoms with Gasteiger partial charge < -0.3 is 8.98 Å². The number of imidazole rings is 1. The van der Waals surface area contributed by atoms with Gasteiger partial charge in [-0.1, -0.05) is 60.3 Å². The molecule has 0 saturated carbocycles. The number of thioether (sulfide) groups is 1. The van der Waals surface area contributed by atoms with Crippen molar-refractivity contribution >= 4 is 44.5 Å². The summed E-state index contributed by atoms with van der Waals surface area (Å²) in [7, 11) is 0. The second-order valence-electron chi connectivity index (χ2n) is 6.82. The Bertz CT molecular complexity index is 1430. The molecule has 5 rings (SSSR count). The Morgan fingerprint density at radius 2 is 1.90 bits per heavy atom. The topological polar surface area (TPSA) is 48.0 Å². The molecule has 5 aromatic rings. The van der Waals surface area contributed by atoms with Crippen LogP contribution in [0.2, 0.25) is 0 Å². The van der Waals surface area contributed by atoms with Gasteiger partial charge in [-0.05, 0) is 34.5 Å². The summed E-state index contributed by atoms with van der Waals surface area (Å²) in [4.78, 5) is 16.9. The van der Waals surface area contributed by atoms with Crippen LogP contribution in [0.3, 0.4) is 0 Å². The number of rotatable bonds is 5. The van der Waals surface area contributed by atoms with Crippen molar-refractivity contribution in [3.05, 3.63) is 95.4 Å². The summed E-state index contributed by atoms with van der Waals surface area (Å²) in [6.45, 7) is 4.56. The van der Waals surface area contributed by atoms with Gasteiger partial charge in [0.25, 0.3) is 0 Å². The van der Waals surface area contributed by atoms with Crippen LogP contribution in [-0.2, 0) is 12.3 Å². The molecule has 0 amide bonds. The van der Waals surface area contributed by atoms with Crippen molar-refractivity contribution in [2.24, 2.45) is 0 Å². The van der Waals surface area contributed by atoms with E-state index >= 15 is 0 Å². The third kappa shape index (κ3) is 3.13. The Kier molecular flexibility index (Phi) is 4.45. The van der Waals surface area contributed by atoms with E-state index < -0.39 is 0 Å². The maximum Gasteiger partial charge on any atom is 0.336 e. The molecule has 0 bridgehead atoms. The zero-order valence-corrected chi connectivity index (χ0v) is 16.5. The van der Waals surface area contributed by atoms with E-state index in [2.05, 4.69) is 29.3 Å². The standard InChI is InChI=1S/C24H18N2O2S/c1-2-13-26-20-10-6-5-9-19(20)25-24(26)29-15-17-14-22(27)28-21-12-11-16-7-3-4-8-18(16)23(17)21/h2-12,14H,1,13,15H2. The summed E-state index contributed by atoms with van der Waals surface area (Å²) < 4.78 is 7.63. The summed E-state index contributed by atoms with van der Waals surface area (Å²) >= 11 is 1.62. The van der Waals surface area contributed by atoms with E-state index in [4.69, 9.17) is 9.40 Å². The minimum absolute atomic E-state index is 0.331. The molecule has 2 aromatic heterocycles. The number of para-hydroxylation sites is 2. The van der Waals surface area contributed by atoms with Crippen LogP contribution in [0.5, 0.6) is 0 Å². The largest absolute Gasteiger partial charge is 0.423 e. The number of aromatic nitrogens is 2.